The normalized spacial score (nSPS) is 29.8. The maximum absolute atomic E-state index is 14.1. The van der Waals surface area contributed by atoms with Crippen LogP contribution >= 0.6 is 0 Å². The van der Waals surface area contributed by atoms with Gasteiger partial charge in [0.15, 0.2) is 0 Å². The van der Waals surface area contributed by atoms with Crippen LogP contribution in [0.3, 0.4) is 0 Å². The van der Waals surface area contributed by atoms with Crippen molar-refractivity contribution in [3.63, 3.8) is 0 Å². The molecular formula is C26H40N2O6. The third-order valence-corrected chi connectivity index (χ3v) is 7.32. The molecule has 0 radical (unpaired) electrons. The highest BCUT2D eigenvalue weighted by Crippen LogP contribution is 2.59. The first-order chi connectivity index (χ1) is 16.1. The zero-order chi connectivity index (χ0) is 25.1. The molecule has 0 aromatic carbocycles. The number of hydrogen-bond acceptors (Lipinski definition) is 6. The van der Waals surface area contributed by atoms with Gasteiger partial charge in [0, 0.05) is 25.2 Å². The molecule has 2 amide bonds. The number of nitrogens with zero attached hydrogens (tertiary/aromatic N) is 2. The van der Waals surface area contributed by atoms with Crippen molar-refractivity contribution in [1.82, 2.24) is 9.80 Å². The van der Waals surface area contributed by atoms with E-state index in [0.29, 0.717) is 45.2 Å². The fourth-order valence-corrected chi connectivity index (χ4v) is 5.82. The van der Waals surface area contributed by atoms with Crippen LogP contribution in [0, 0.1) is 11.8 Å². The molecule has 3 aliphatic rings. The number of ether oxygens (including phenoxy) is 2. The molecule has 2 bridgehead atoms. The van der Waals surface area contributed by atoms with Crippen LogP contribution < -0.4 is 0 Å². The van der Waals surface area contributed by atoms with Gasteiger partial charge in [-0.1, -0.05) is 12.2 Å². The number of esters is 1. The molecule has 3 aliphatic heterocycles. The molecule has 3 heterocycles. The minimum atomic E-state index is -1.03. The van der Waals surface area contributed by atoms with E-state index in [1.165, 1.54) is 0 Å². The van der Waals surface area contributed by atoms with Gasteiger partial charge >= 0.3 is 5.97 Å². The summed E-state index contributed by atoms with van der Waals surface area (Å²) < 4.78 is 11.9. The fourth-order valence-electron chi connectivity index (χ4n) is 5.82. The molecule has 3 saturated heterocycles. The molecule has 2 unspecified atom stereocenters. The summed E-state index contributed by atoms with van der Waals surface area (Å²) in [4.78, 5) is 44.3. The zero-order valence-corrected chi connectivity index (χ0v) is 20.8. The van der Waals surface area contributed by atoms with Crippen molar-refractivity contribution in [2.24, 2.45) is 11.8 Å². The van der Waals surface area contributed by atoms with E-state index in [1.54, 1.807) is 22.0 Å². The van der Waals surface area contributed by atoms with E-state index < -0.39 is 41.1 Å². The lowest BCUT2D eigenvalue weighted by atomic mass is 9.70. The summed E-state index contributed by atoms with van der Waals surface area (Å²) in [7, 11) is 0. The molecule has 1 N–H and O–H groups in total. The van der Waals surface area contributed by atoms with Crippen molar-refractivity contribution >= 4 is 17.8 Å². The molecule has 0 aliphatic carbocycles. The first-order valence-corrected chi connectivity index (χ1v) is 12.4. The summed E-state index contributed by atoms with van der Waals surface area (Å²) in [5, 5.41) is 9.14. The van der Waals surface area contributed by atoms with Crippen LogP contribution in [0.15, 0.2) is 25.3 Å². The number of likely N-dealkylation sites (tertiary alicyclic amines) is 1. The second kappa shape index (κ2) is 10.6. The van der Waals surface area contributed by atoms with Crippen molar-refractivity contribution in [1.29, 1.82) is 0 Å². The first-order valence-electron chi connectivity index (χ1n) is 12.4. The Labute approximate surface area is 202 Å². The average Bonchev–Trinajstić information content (AvgIpc) is 3.41. The summed E-state index contributed by atoms with van der Waals surface area (Å²) >= 11 is 0. The summed E-state index contributed by atoms with van der Waals surface area (Å²) in [6.45, 7) is 14.4. The highest BCUT2D eigenvalue weighted by Gasteiger charge is 2.75. The molecule has 8 heteroatoms. The Morgan fingerprint density at radius 3 is 2.62 bits per heavy atom. The number of aliphatic hydroxyl groups excluding tert-OH is 1. The standard InChI is InChI=1S/C26H40N2O6/c1-6-8-17-33-24(32)19-18-12-13-26(34-18)20(19)22(30)27(15-10-9-11-16-29)21(26)23(31)28(14-7-2)25(3,4)5/h6-7,18-21,29H,1-2,8-17H2,3-5H3/t18-,19+,20+,21?,26?/m1/s1. The minimum absolute atomic E-state index is 0.0867. The van der Waals surface area contributed by atoms with Crippen LogP contribution in [0.4, 0.5) is 0 Å². The number of rotatable bonds is 12. The van der Waals surface area contributed by atoms with E-state index in [1.807, 2.05) is 20.8 Å². The van der Waals surface area contributed by atoms with Gasteiger partial charge < -0.3 is 24.4 Å². The largest absolute Gasteiger partial charge is 0.465 e. The molecule has 3 fully saturated rings. The van der Waals surface area contributed by atoms with Gasteiger partial charge in [0.2, 0.25) is 11.8 Å². The average molecular weight is 477 g/mol. The van der Waals surface area contributed by atoms with Crippen molar-refractivity contribution in [3.05, 3.63) is 25.3 Å². The van der Waals surface area contributed by atoms with Crippen molar-refractivity contribution in [2.45, 2.75) is 82.6 Å². The second-order valence-corrected chi connectivity index (χ2v) is 10.5. The molecule has 8 nitrogen and oxygen atoms in total. The maximum atomic E-state index is 14.1. The third kappa shape index (κ3) is 4.67. The molecule has 0 saturated carbocycles. The van der Waals surface area contributed by atoms with Crippen molar-refractivity contribution < 1.29 is 29.0 Å². The quantitative estimate of drug-likeness (QED) is 0.264. The molecular weight excluding hydrogens is 436 g/mol. The van der Waals surface area contributed by atoms with Crippen LogP contribution in [0.5, 0.6) is 0 Å². The Morgan fingerprint density at radius 2 is 2.00 bits per heavy atom. The van der Waals surface area contributed by atoms with Gasteiger partial charge in [-0.25, -0.2) is 0 Å². The third-order valence-electron chi connectivity index (χ3n) is 7.32. The van der Waals surface area contributed by atoms with E-state index in [9.17, 15) is 14.4 Å². The molecule has 34 heavy (non-hydrogen) atoms. The van der Waals surface area contributed by atoms with Crippen molar-refractivity contribution in [3.8, 4) is 0 Å². The predicted octanol–water partition coefficient (Wildman–Crippen LogP) is 2.46. The van der Waals surface area contributed by atoms with Gasteiger partial charge in [-0.3, -0.25) is 14.4 Å². The van der Waals surface area contributed by atoms with Crippen LogP contribution in [-0.2, 0) is 23.9 Å². The number of carbonyl (C=O) groups excluding carboxylic acids is 3. The zero-order valence-electron chi connectivity index (χ0n) is 20.8. The van der Waals surface area contributed by atoms with E-state index >= 15 is 0 Å². The summed E-state index contributed by atoms with van der Waals surface area (Å²) in [5.41, 5.74) is -1.51. The van der Waals surface area contributed by atoms with Gasteiger partial charge in [-0.05, 0) is 59.3 Å². The maximum Gasteiger partial charge on any atom is 0.312 e. The second-order valence-electron chi connectivity index (χ2n) is 10.5. The molecule has 0 aromatic heterocycles. The minimum Gasteiger partial charge on any atom is -0.465 e. The van der Waals surface area contributed by atoms with Gasteiger partial charge in [0.25, 0.3) is 0 Å². The van der Waals surface area contributed by atoms with Crippen LogP contribution in [-0.4, -0.2) is 82.3 Å². The number of unbranched alkanes of at least 4 members (excludes halogenated alkanes) is 2. The molecule has 5 atom stereocenters. The Kier molecular flexibility index (Phi) is 8.24. The molecule has 3 rings (SSSR count). The van der Waals surface area contributed by atoms with Crippen LogP contribution in [0.2, 0.25) is 0 Å². The topological polar surface area (TPSA) is 96.4 Å². The number of fused-ring (bicyclic) bond motifs is 1. The van der Waals surface area contributed by atoms with Crippen LogP contribution in [0.25, 0.3) is 0 Å². The lowest BCUT2D eigenvalue weighted by Gasteiger charge is -2.42. The Bertz CT molecular complexity index is 806. The number of carbonyl (C=O) groups is 3. The SMILES string of the molecule is C=CCCOC(=O)[C@@H]1[C@H]2C(=O)N(CCCCCO)C(C(=O)N(CC=C)C(C)(C)C)C23CC[C@H]1O3. The summed E-state index contributed by atoms with van der Waals surface area (Å²) in [6, 6.07) is -0.797. The lowest BCUT2D eigenvalue weighted by molar-refractivity contribution is -0.155. The fraction of sp³-hybridized carbons (Fsp3) is 0.731. The molecule has 1 spiro atoms. The first kappa shape index (κ1) is 26.4. The smallest absolute Gasteiger partial charge is 0.312 e. The van der Waals surface area contributed by atoms with Crippen molar-refractivity contribution in [2.75, 3.05) is 26.3 Å². The van der Waals surface area contributed by atoms with E-state index in [4.69, 9.17) is 14.6 Å². The highest BCUT2D eigenvalue weighted by atomic mass is 16.6. The highest BCUT2D eigenvalue weighted by molar-refractivity contribution is 5.98. The Balaban J connectivity index is 1.96. The molecule has 0 aromatic rings. The monoisotopic (exact) mass is 476 g/mol. The van der Waals surface area contributed by atoms with Gasteiger partial charge in [-0.2, -0.15) is 0 Å². The number of hydrogen-bond donors (Lipinski definition) is 1. The van der Waals surface area contributed by atoms with Gasteiger partial charge in [0.05, 0.1) is 24.5 Å². The number of amides is 2. The van der Waals surface area contributed by atoms with Crippen LogP contribution in [0.1, 0.15) is 59.3 Å². The molecule has 190 valence electrons. The summed E-state index contributed by atoms with van der Waals surface area (Å²) in [6.07, 6.45) is 6.69. The predicted molar refractivity (Wildman–Crippen MR) is 128 cm³/mol. The van der Waals surface area contributed by atoms with Gasteiger partial charge in [0.1, 0.15) is 11.6 Å². The summed E-state index contributed by atoms with van der Waals surface area (Å²) in [5.74, 6) is -2.24. The Morgan fingerprint density at radius 1 is 1.26 bits per heavy atom. The lowest BCUT2D eigenvalue weighted by Crippen LogP contribution is -2.59. The van der Waals surface area contributed by atoms with E-state index in [2.05, 4.69) is 13.2 Å². The van der Waals surface area contributed by atoms with E-state index in [-0.39, 0.29) is 25.0 Å². The van der Waals surface area contributed by atoms with Gasteiger partial charge in [-0.15, -0.1) is 13.2 Å². The number of aliphatic hydroxyl groups is 1. The Hall–Kier alpha value is -2.19. The van der Waals surface area contributed by atoms with E-state index in [0.717, 1.165) is 6.42 Å².